The number of carbonyl (C=O) groups excluding carboxylic acids is 2. The van der Waals surface area contributed by atoms with Crippen LogP contribution >= 0.6 is 0 Å². The largest absolute Gasteiger partial charge is 0.463 e. The summed E-state index contributed by atoms with van der Waals surface area (Å²) < 4.78 is 21.2. The minimum absolute atomic E-state index is 0.119. The van der Waals surface area contributed by atoms with Crippen molar-refractivity contribution in [1.82, 2.24) is 0 Å². The molecule has 0 aromatic heterocycles. The van der Waals surface area contributed by atoms with E-state index in [0.717, 1.165) is 0 Å². The molecule has 9 heteroatoms. The predicted molar refractivity (Wildman–Crippen MR) is 83.7 cm³/mol. The van der Waals surface area contributed by atoms with Crippen LogP contribution in [0.5, 0.6) is 5.75 Å². The average molecular weight is 351 g/mol. The van der Waals surface area contributed by atoms with E-state index < -0.39 is 35.4 Å². The highest BCUT2D eigenvalue weighted by atomic mass is 16.7. The molecule has 25 heavy (non-hydrogen) atoms. The summed E-state index contributed by atoms with van der Waals surface area (Å²) in [5, 5.41) is 10.8. The molecule has 1 aromatic carbocycles. The fourth-order valence-electron chi connectivity index (χ4n) is 2.13. The smallest absolute Gasteiger partial charge is 0.303 e. The molecule has 0 radical (unpaired) electrons. The van der Waals surface area contributed by atoms with Crippen molar-refractivity contribution in [3.8, 4) is 5.75 Å². The fourth-order valence-corrected chi connectivity index (χ4v) is 2.13. The quantitative estimate of drug-likeness (QED) is 0.329. The molecule has 1 aromatic rings. The number of nitro benzene ring substituents is 1. The zero-order valence-electron chi connectivity index (χ0n) is 13.6. The highest BCUT2D eigenvalue weighted by Crippen LogP contribution is 2.24. The van der Waals surface area contributed by atoms with Gasteiger partial charge in [-0.1, -0.05) is 6.07 Å². The number of nitro groups is 1. The van der Waals surface area contributed by atoms with Crippen LogP contribution in [0.3, 0.4) is 0 Å². The van der Waals surface area contributed by atoms with Crippen LogP contribution in [0.1, 0.15) is 13.8 Å². The van der Waals surface area contributed by atoms with Crippen LogP contribution in [0, 0.1) is 10.1 Å². The van der Waals surface area contributed by atoms with Crippen molar-refractivity contribution in [3.63, 3.8) is 0 Å². The van der Waals surface area contributed by atoms with Crippen LogP contribution < -0.4 is 4.74 Å². The van der Waals surface area contributed by atoms with E-state index in [4.69, 9.17) is 18.9 Å². The predicted octanol–water partition coefficient (Wildman–Crippen LogP) is 1.75. The lowest BCUT2D eigenvalue weighted by atomic mass is 10.1. The van der Waals surface area contributed by atoms with Gasteiger partial charge < -0.3 is 18.9 Å². The second kappa shape index (κ2) is 8.25. The van der Waals surface area contributed by atoms with Gasteiger partial charge >= 0.3 is 11.9 Å². The zero-order valence-corrected chi connectivity index (χ0v) is 13.6. The summed E-state index contributed by atoms with van der Waals surface area (Å²) in [6, 6.07) is 5.63. The number of rotatable bonds is 6. The maximum Gasteiger partial charge on any atom is 0.303 e. The molecule has 9 nitrogen and oxygen atoms in total. The Morgan fingerprint density at radius 2 is 2.00 bits per heavy atom. The Morgan fingerprint density at radius 3 is 2.64 bits per heavy atom. The molecule has 0 bridgehead atoms. The van der Waals surface area contributed by atoms with Crippen molar-refractivity contribution in [2.24, 2.45) is 0 Å². The van der Waals surface area contributed by atoms with Gasteiger partial charge in [0.05, 0.1) is 11.0 Å². The zero-order chi connectivity index (χ0) is 18.4. The molecular weight excluding hydrogens is 334 g/mol. The van der Waals surface area contributed by atoms with Gasteiger partial charge in [-0.25, -0.2) is 0 Å². The minimum atomic E-state index is -0.880. The molecule has 0 aliphatic carbocycles. The van der Waals surface area contributed by atoms with E-state index in [2.05, 4.69) is 0 Å². The minimum Gasteiger partial charge on any atom is -0.463 e. The van der Waals surface area contributed by atoms with Crippen LogP contribution in [-0.4, -0.2) is 42.0 Å². The third-order valence-electron chi connectivity index (χ3n) is 3.17. The van der Waals surface area contributed by atoms with E-state index in [1.54, 1.807) is 12.1 Å². The summed E-state index contributed by atoms with van der Waals surface area (Å²) in [6.45, 7) is 2.37. The molecular formula is C16H17NO8. The molecule has 0 spiro atoms. The molecule has 1 heterocycles. The van der Waals surface area contributed by atoms with E-state index in [1.165, 1.54) is 38.1 Å². The molecule has 0 unspecified atom stereocenters. The van der Waals surface area contributed by atoms with Crippen LogP contribution in [0.25, 0.3) is 0 Å². The standard InChI is InChI=1S/C16H17NO8/c1-10(18)22-9-15-14(23-11(2)19)6-7-16(25-15)24-13-5-3-4-12(8-13)17(20)21/h3-8,14-16H,9H2,1-2H3/t14-,15+,16-/m0/s1. The monoisotopic (exact) mass is 351 g/mol. The van der Waals surface area contributed by atoms with Gasteiger partial charge in [0.1, 0.15) is 24.6 Å². The van der Waals surface area contributed by atoms with Crippen molar-refractivity contribution in [2.45, 2.75) is 32.3 Å². The summed E-state index contributed by atoms with van der Waals surface area (Å²) in [7, 11) is 0. The summed E-state index contributed by atoms with van der Waals surface area (Å²) in [6.07, 6.45) is 0.690. The lowest BCUT2D eigenvalue weighted by Gasteiger charge is -2.31. The van der Waals surface area contributed by atoms with Crippen LogP contribution in [0.15, 0.2) is 36.4 Å². The summed E-state index contributed by atoms with van der Waals surface area (Å²) in [5.41, 5.74) is -0.119. The van der Waals surface area contributed by atoms with Crippen molar-refractivity contribution in [1.29, 1.82) is 0 Å². The highest BCUT2D eigenvalue weighted by Gasteiger charge is 2.31. The summed E-state index contributed by atoms with van der Waals surface area (Å²) >= 11 is 0. The number of nitrogens with zero attached hydrogens (tertiary/aromatic N) is 1. The highest BCUT2D eigenvalue weighted by molar-refractivity contribution is 5.66. The van der Waals surface area contributed by atoms with E-state index in [9.17, 15) is 19.7 Å². The Kier molecular flexibility index (Phi) is 6.07. The Morgan fingerprint density at radius 1 is 1.24 bits per heavy atom. The van der Waals surface area contributed by atoms with E-state index >= 15 is 0 Å². The number of hydrogen-bond acceptors (Lipinski definition) is 8. The topological polar surface area (TPSA) is 114 Å². The Bertz CT molecular complexity index is 686. The number of ether oxygens (including phenoxy) is 4. The first-order valence-electron chi connectivity index (χ1n) is 7.40. The maximum atomic E-state index is 11.2. The third-order valence-corrected chi connectivity index (χ3v) is 3.17. The second-order valence-corrected chi connectivity index (χ2v) is 5.18. The molecule has 0 saturated carbocycles. The van der Waals surface area contributed by atoms with Gasteiger partial charge in [-0.05, 0) is 18.2 Å². The summed E-state index contributed by atoms with van der Waals surface area (Å²) in [4.78, 5) is 32.4. The molecule has 3 atom stereocenters. The Balaban J connectivity index is 2.08. The van der Waals surface area contributed by atoms with E-state index in [0.29, 0.717) is 0 Å². The van der Waals surface area contributed by atoms with Gasteiger partial charge in [0.2, 0.25) is 6.29 Å². The fraction of sp³-hybridized carbons (Fsp3) is 0.375. The molecule has 0 fully saturated rings. The van der Waals surface area contributed by atoms with Crippen molar-refractivity contribution in [3.05, 3.63) is 46.5 Å². The van der Waals surface area contributed by atoms with Crippen LogP contribution in [0.2, 0.25) is 0 Å². The van der Waals surface area contributed by atoms with Crippen LogP contribution in [-0.2, 0) is 23.8 Å². The van der Waals surface area contributed by atoms with E-state index in [1.807, 2.05) is 0 Å². The third kappa shape index (κ3) is 5.57. The van der Waals surface area contributed by atoms with Crippen molar-refractivity contribution in [2.75, 3.05) is 6.61 Å². The first-order chi connectivity index (χ1) is 11.8. The van der Waals surface area contributed by atoms with Gasteiger partial charge in [-0.3, -0.25) is 19.7 Å². The number of esters is 2. The number of non-ortho nitro benzene ring substituents is 1. The first-order valence-corrected chi connectivity index (χ1v) is 7.40. The van der Waals surface area contributed by atoms with E-state index in [-0.39, 0.29) is 18.0 Å². The molecule has 2 rings (SSSR count). The lowest BCUT2D eigenvalue weighted by Crippen LogP contribution is -2.43. The SMILES string of the molecule is CC(=O)OC[C@H]1O[C@H](Oc2cccc([N+](=O)[O-])c2)C=C[C@@H]1OC(C)=O. The second-order valence-electron chi connectivity index (χ2n) is 5.18. The first kappa shape index (κ1) is 18.4. The van der Waals surface area contributed by atoms with Gasteiger partial charge in [0, 0.05) is 19.9 Å². The van der Waals surface area contributed by atoms with Crippen LogP contribution in [0.4, 0.5) is 5.69 Å². The Labute approximate surface area is 143 Å². The molecule has 0 amide bonds. The van der Waals surface area contributed by atoms with Gasteiger partial charge in [0.25, 0.3) is 5.69 Å². The van der Waals surface area contributed by atoms with Crippen molar-refractivity contribution < 1.29 is 33.5 Å². The number of hydrogen-bond donors (Lipinski definition) is 0. The van der Waals surface area contributed by atoms with Gasteiger partial charge in [0.15, 0.2) is 0 Å². The normalized spacial score (nSPS) is 22.1. The number of carbonyl (C=O) groups is 2. The molecule has 1 aliphatic rings. The van der Waals surface area contributed by atoms with Gasteiger partial charge in [-0.2, -0.15) is 0 Å². The van der Waals surface area contributed by atoms with Crippen molar-refractivity contribution >= 4 is 17.6 Å². The van der Waals surface area contributed by atoms with Gasteiger partial charge in [-0.15, -0.1) is 0 Å². The maximum absolute atomic E-state index is 11.2. The lowest BCUT2D eigenvalue weighted by molar-refractivity contribution is -0.385. The molecule has 0 saturated heterocycles. The molecule has 1 aliphatic heterocycles. The molecule has 0 N–H and O–H groups in total. The summed E-state index contributed by atoms with van der Waals surface area (Å²) in [5.74, 6) is -0.777. The number of benzene rings is 1. The average Bonchev–Trinajstić information content (AvgIpc) is 2.54. The Hall–Kier alpha value is -2.94. The molecule has 134 valence electrons.